The molecular formula is C10H9F3N2O. The fraction of sp³-hybridized carbons (Fsp3) is 0.300. The number of nitrogens with zero attached hydrogens (tertiary/aromatic N) is 2. The van der Waals surface area contributed by atoms with Crippen LogP contribution >= 0.6 is 0 Å². The predicted octanol–water partition coefficient (Wildman–Crippen LogP) is 2.66. The van der Waals surface area contributed by atoms with E-state index >= 15 is 0 Å². The van der Waals surface area contributed by atoms with Crippen molar-refractivity contribution in [1.82, 2.24) is 9.38 Å². The van der Waals surface area contributed by atoms with Crippen LogP contribution in [0.2, 0.25) is 0 Å². The lowest BCUT2D eigenvalue weighted by molar-refractivity contribution is -0.189. The van der Waals surface area contributed by atoms with Crippen molar-refractivity contribution < 1.29 is 17.9 Å². The Bertz CT molecular complexity index is 492. The first-order valence-corrected chi connectivity index (χ1v) is 4.63. The van der Waals surface area contributed by atoms with E-state index in [1.807, 2.05) is 0 Å². The van der Waals surface area contributed by atoms with Gasteiger partial charge in [0.05, 0.1) is 0 Å². The van der Waals surface area contributed by atoms with Gasteiger partial charge in [-0.15, -0.1) is 0 Å². The second kappa shape index (κ2) is 3.70. The smallest absolute Gasteiger partial charge is 0.425 e. The molecule has 0 N–H and O–H groups in total. The Kier molecular flexibility index (Phi) is 2.49. The van der Waals surface area contributed by atoms with Crippen molar-refractivity contribution in [3.63, 3.8) is 0 Å². The van der Waals surface area contributed by atoms with Crippen LogP contribution in [0.5, 0.6) is 5.75 Å². The third kappa shape index (κ3) is 2.10. The third-order valence-corrected chi connectivity index (χ3v) is 2.14. The molecule has 0 bridgehead atoms. The van der Waals surface area contributed by atoms with Gasteiger partial charge in [0.25, 0.3) is 0 Å². The van der Waals surface area contributed by atoms with Crippen LogP contribution in [0.4, 0.5) is 13.2 Å². The highest BCUT2D eigenvalue weighted by Gasteiger charge is 2.38. The molecule has 0 saturated heterocycles. The molecule has 86 valence electrons. The topological polar surface area (TPSA) is 26.5 Å². The Morgan fingerprint density at radius 1 is 1.38 bits per heavy atom. The molecule has 0 radical (unpaired) electrons. The SMILES string of the molecule is CC(Oc1ccn2ccnc2c1)C(F)(F)F. The van der Waals surface area contributed by atoms with Gasteiger partial charge in [0, 0.05) is 24.7 Å². The molecule has 1 unspecified atom stereocenters. The highest BCUT2D eigenvalue weighted by atomic mass is 19.4. The average Bonchev–Trinajstić information content (AvgIpc) is 2.63. The second-order valence-electron chi connectivity index (χ2n) is 3.36. The molecule has 0 fully saturated rings. The lowest BCUT2D eigenvalue weighted by atomic mass is 10.4. The maximum atomic E-state index is 12.2. The molecular weight excluding hydrogens is 221 g/mol. The first-order valence-electron chi connectivity index (χ1n) is 4.63. The summed E-state index contributed by atoms with van der Waals surface area (Å²) in [5.74, 6) is 0.156. The summed E-state index contributed by atoms with van der Waals surface area (Å²) in [6, 6.07) is 2.93. The van der Waals surface area contributed by atoms with Crippen LogP contribution in [-0.4, -0.2) is 21.7 Å². The average molecular weight is 230 g/mol. The Balaban J connectivity index is 2.21. The maximum absolute atomic E-state index is 12.2. The summed E-state index contributed by atoms with van der Waals surface area (Å²) in [4.78, 5) is 3.95. The van der Waals surface area contributed by atoms with E-state index in [0.717, 1.165) is 6.92 Å². The molecule has 1 atom stereocenters. The number of pyridine rings is 1. The number of imidazole rings is 1. The molecule has 0 spiro atoms. The number of alkyl halides is 3. The summed E-state index contributed by atoms with van der Waals surface area (Å²) < 4.78 is 43.2. The number of rotatable bonds is 2. The van der Waals surface area contributed by atoms with Gasteiger partial charge in [-0.25, -0.2) is 4.98 Å². The Labute approximate surface area is 89.5 Å². The van der Waals surface area contributed by atoms with E-state index < -0.39 is 12.3 Å². The predicted molar refractivity (Wildman–Crippen MR) is 51.3 cm³/mol. The third-order valence-electron chi connectivity index (χ3n) is 2.14. The number of ether oxygens (including phenoxy) is 1. The molecule has 0 aromatic carbocycles. The first-order chi connectivity index (χ1) is 7.47. The second-order valence-corrected chi connectivity index (χ2v) is 3.36. The molecule has 3 nitrogen and oxygen atoms in total. The van der Waals surface area contributed by atoms with Crippen LogP contribution in [0.25, 0.3) is 5.65 Å². The Hall–Kier alpha value is -1.72. The number of aromatic nitrogens is 2. The van der Waals surface area contributed by atoms with Crippen molar-refractivity contribution in [2.45, 2.75) is 19.2 Å². The van der Waals surface area contributed by atoms with Crippen LogP contribution in [-0.2, 0) is 0 Å². The number of hydrogen-bond acceptors (Lipinski definition) is 2. The van der Waals surface area contributed by atoms with Gasteiger partial charge >= 0.3 is 6.18 Å². The van der Waals surface area contributed by atoms with E-state index in [9.17, 15) is 13.2 Å². The molecule has 0 aliphatic heterocycles. The summed E-state index contributed by atoms with van der Waals surface area (Å²) in [5.41, 5.74) is 0.548. The van der Waals surface area contributed by atoms with E-state index in [-0.39, 0.29) is 5.75 Å². The number of halogens is 3. The monoisotopic (exact) mass is 230 g/mol. The summed E-state index contributed by atoms with van der Waals surface area (Å²) in [6.45, 7) is 0.968. The van der Waals surface area contributed by atoms with Gasteiger partial charge in [0.2, 0.25) is 0 Å². The zero-order valence-electron chi connectivity index (χ0n) is 8.40. The van der Waals surface area contributed by atoms with Crippen molar-refractivity contribution in [2.24, 2.45) is 0 Å². The molecule has 0 amide bonds. The normalized spacial score (nSPS) is 14.0. The van der Waals surface area contributed by atoms with Crippen LogP contribution in [0, 0.1) is 0 Å². The van der Waals surface area contributed by atoms with E-state index in [1.54, 1.807) is 23.0 Å². The fourth-order valence-electron chi connectivity index (χ4n) is 1.24. The largest absolute Gasteiger partial charge is 0.481 e. The van der Waals surface area contributed by atoms with Crippen molar-refractivity contribution in [1.29, 1.82) is 0 Å². The van der Waals surface area contributed by atoms with Gasteiger partial charge in [0.1, 0.15) is 11.4 Å². The van der Waals surface area contributed by atoms with Crippen molar-refractivity contribution in [3.05, 3.63) is 30.7 Å². The fourth-order valence-corrected chi connectivity index (χ4v) is 1.24. The Morgan fingerprint density at radius 3 is 2.81 bits per heavy atom. The number of fused-ring (bicyclic) bond motifs is 1. The van der Waals surface area contributed by atoms with Crippen LogP contribution in [0.1, 0.15) is 6.92 Å². The minimum Gasteiger partial charge on any atom is -0.481 e. The molecule has 2 heterocycles. The quantitative estimate of drug-likeness (QED) is 0.792. The lowest BCUT2D eigenvalue weighted by Gasteiger charge is -2.17. The zero-order valence-corrected chi connectivity index (χ0v) is 8.40. The van der Waals surface area contributed by atoms with Gasteiger partial charge in [-0.2, -0.15) is 13.2 Å². The standard InChI is InChI=1S/C10H9F3N2O/c1-7(10(11,12)13)16-8-2-4-15-5-3-14-9(15)6-8/h2-7H,1H3. The molecule has 6 heteroatoms. The van der Waals surface area contributed by atoms with E-state index in [2.05, 4.69) is 4.98 Å². The van der Waals surface area contributed by atoms with Crippen molar-refractivity contribution in [2.75, 3.05) is 0 Å². The highest BCUT2D eigenvalue weighted by molar-refractivity contribution is 5.44. The van der Waals surface area contributed by atoms with E-state index in [4.69, 9.17) is 4.74 Å². The van der Waals surface area contributed by atoms with Gasteiger partial charge < -0.3 is 9.14 Å². The minimum absolute atomic E-state index is 0.156. The van der Waals surface area contributed by atoms with Gasteiger partial charge in [-0.3, -0.25) is 0 Å². The molecule has 0 aliphatic rings. The molecule has 0 saturated carbocycles. The summed E-state index contributed by atoms with van der Waals surface area (Å²) in [5, 5.41) is 0. The molecule has 16 heavy (non-hydrogen) atoms. The Morgan fingerprint density at radius 2 is 2.12 bits per heavy atom. The summed E-state index contributed by atoms with van der Waals surface area (Å²) in [6.07, 6.45) is -1.33. The van der Waals surface area contributed by atoms with Crippen LogP contribution in [0.3, 0.4) is 0 Å². The van der Waals surface area contributed by atoms with Gasteiger partial charge in [0.15, 0.2) is 6.10 Å². The lowest BCUT2D eigenvalue weighted by Crippen LogP contribution is -2.31. The van der Waals surface area contributed by atoms with Crippen molar-refractivity contribution in [3.8, 4) is 5.75 Å². The van der Waals surface area contributed by atoms with Gasteiger partial charge in [-0.1, -0.05) is 0 Å². The van der Waals surface area contributed by atoms with Crippen molar-refractivity contribution >= 4 is 5.65 Å². The number of hydrogen-bond donors (Lipinski definition) is 0. The maximum Gasteiger partial charge on any atom is 0.425 e. The van der Waals surface area contributed by atoms with E-state index in [0.29, 0.717) is 5.65 Å². The van der Waals surface area contributed by atoms with Crippen LogP contribution in [0.15, 0.2) is 30.7 Å². The summed E-state index contributed by atoms with van der Waals surface area (Å²) >= 11 is 0. The summed E-state index contributed by atoms with van der Waals surface area (Å²) in [7, 11) is 0. The molecule has 2 aromatic rings. The molecule has 2 aromatic heterocycles. The van der Waals surface area contributed by atoms with E-state index in [1.165, 1.54) is 12.1 Å². The molecule has 0 aliphatic carbocycles. The first kappa shape index (κ1) is 10.8. The van der Waals surface area contributed by atoms with Gasteiger partial charge in [-0.05, 0) is 13.0 Å². The zero-order chi connectivity index (χ0) is 11.8. The van der Waals surface area contributed by atoms with Crippen LogP contribution < -0.4 is 4.74 Å². The highest BCUT2D eigenvalue weighted by Crippen LogP contribution is 2.25. The molecule has 2 rings (SSSR count). The minimum atomic E-state index is -4.36.